The highest BCUT2D eigenvalue weighted by Crippen LogP contribution is 2.18. The van der Waals surface area contributed by atoms with Crippen LogP contribution in [0, 0.1) is 0 Å². The Kier molecular flexibility index (Phi) is 7.63. The van der Waals surface area contributed by atoms with Gasteiger partial charge in [0.25, 0.3) is 5.89 Å². The number of nitrogens with one attached hydrogen (secondary N) is 2. The van der Waals surface area contributed by atoms with Gasteiger partial charge in [-0.2, -0.15) is 4.98 Å². The Hall–Kier alpha value is -3.35. The summed E-state index contributed by atoms with van der Waals surface area (Å²) in [5, 5.41) is 10.5. The molecule has 0 bridgehead atoms. The quantitative estimate of drug-likeness (QED) is 0.330. The van der Waals surface area contributed by atoms with Gasteiger partial charge in [0.1, 0.15) is 12.4 Å². The van der Waals surface area contributed by atoms with Crippen molar-refractivity contribution in [1.82, 2.24) is 20.8 Å². The third-order valence-corrected chi connectivity index (χ3v) is 4.32. The Labute approximate surface area is 171 Å². The van der Waals surface area contributed by atoms with E-state index in [0.29, 0.717) is 19.0 Å². The van der Waals surface area contributed by atoms with Crippen LogP contribution in [-0.2, 0) is 12.8 Å². The van der Waals surface area contributed by atoms with Crippen molar-refractivity contribution in [2.24, 2.45) is 4.99 Å². The molecule has 2 aromatic carbocycles. The predicted octanol–water partition coefficient (Wildman–Crippen LogP) is 3.09. The summed E-state index contributed by atoms with van der Waals surface area (Å²) in [7, 11) is 1.76. The molecular weight excluding hydrogens is 366 g/mol. The van der Waals surface area contributed by atoms with Gasteiger partial charge in [-0.05, 0) is 36.2 Å². The van der Waals surface area contributed by atoms with Crippen molar-refractivity contribution >= 4 is 5.96 Å². The summed E-state index contributed by atoms with van der Waals surface area (Å²) in [6.07, 6.45) is 1.65. The van der Waals surface area contributed by atoms with E-state index in [1.165, 1.54) is 5.56 Å². The summed E-state index contributed by atoms with van der Waals surface area (Å²) < 4.78 is 10.9. The van der Waals surface area contributed by atoms with Crippen LogP contribution in [-0.4, -0.2) is 42.8 Å². The minimum Gasteiger partial charge on any atom is -0.492 e. The van der Waals surface area contributed by atoms with E-state index in [0.717, 1.165) is 42.5 Å². The predicted molar refractivity (Wildman–Crippen MR) is 114 cm³/mol. The summed E-state index contributed by atoms with van der Waals surface area (Å²) in [5.41, 5.74) is 2.16. The van der Waals surface area contributed by atoms with Crippen LogP contribution in [0.25, 0.3) is 11.5 Å². The zero-order valence-electron chi connectivity index (χ0n) is 16.9. The minimum absolute atomic E-state index is 0.564. The van der Waals surface area contributed by atoms with Gasteiger partial charge in [-0.15, -0.1) is 0 Å². The Morgan fingerprint density at radius 2 is 1.79 bits per heavy atom. The van der Waals surface area contributed by atoms with E-state index in [-0.39, 0.29) is 0 Å². The summed E-state index contributed by atoms with van der Waals surface area (Å²) >= 11 is 0. The summed E-state index contributed by atoms with van der Waals surface area (Å²) in [6.45, 7) is 4.03. The van der Waals surface area contributed by atoms with Crippen molar-refractivity contribution in [3.05, 3.63) is 66.0 Å². The number of benzene rings is 2. The van der Waals surface area contributed by atoms with Crippen molar-refractivity contribution in [2.45, 2.75) is 19.8 Å². The zero-order valence-corrected chi connectivity index (χ0v) is 16.9. The fourth-order valence-corrected chi connectivity index (χ4v) is 2.73. The molecule has 0 saturated heterocycles. The summed E-state index contributed by atoms with van der Waals surface area (Å²) in [6, 6.07) is 18.0. The number of ether oxygens (including phenoxy) is 1. The van der Waals surface area contributed by atoms with Gasteiger partial charge in [-0.3, -0.25) is 4.99 Å². The molecule has 0 radical (unpaired) electrons. The molecule has 3 aromatic rings. The third kappa shape index (κ3) is 6.34. The maximum absolute atomic E-state index is 5.67. The van der Waals surface area contributed by atoms with E-state index in [1.54, 1.807) is 7.05 Å². The lowest BCUT2D eigenvalue weighted by atomic mass is 10.1. The number of guanidine groups is 1. The van der Waals surface area contributed by atoms with E-state index < -0.39 is 0 Å². The lowest BCUT2D eigenvalue weighted by Crippen LogP contribution is -2.40. The van der Waals surface area contributed by atoms with Crippen LogP contribution in [0.2, 0.25) is 0 Å². The molecule has 1 heterocycles. The second kappa shape index (κ2) is 10.8. The molecule has 29 heavy (non-hydrogen) atoms. The molecule has 0 fully saturated rings. The van der Waals surface area contributed by atoms with E-state index in [4.69, 9.17) is 9.26 Å². The van der Waals surface area contributed by atoms with Gasteiger partial charge in [0, 0.05) is 25.6 Å². The summed E-state index contributed by atoms with van der Waals surface area (Å²) in [4.78, 5) is 8.59. The highest BCUT2D eigenvalue weighted by Gasteiger charge is 2.07. The molecule has 7 heteroatoms. The van der Waals surface area contributed by atoms with Gasteiger partial charge >= 0.3 is 0 Å². The van der Waals surface area contributed by atoms with Crippen molar-refractivity contribution < 1.29 is 9.26 Å². The molecule has 0 unspecified atom stereocenters. The number of aromatic nitrogens is 2. The fraction of sp³-hybridized carbons (Fsp3) is 0.318. The monoisotopic (exact) mass is 393 g/mol. The van der Waals surface area contributed by atoms with Crippen LogP contribution in [0.15, 0.2) is 64.1 Å². The van der Waals surface area contributed by atoms with E-state index in [9.17, 15) is 0 Å². The number of aliphatic imine (C=N–C) groups is 1. The highest BCUT2D eigenvalue weighted by atomic mass is 16.5. The largest absolute Gasteiger partial charge is 0.492 e. The molecule has 3 rings (SSSR count). The molecule has 0 aliphatic carbocycles. The van der Waals surface area contributed by atoms with Crippen LogP contribution in [0.5, 0.6) is 5.75 Å². The number of nitrogens with zero attached hydrogens (tertiary/aromatic N) is 3. The van der Waals surface area contributed by atoms with Crippen molar-refractivity contribution in [2.75, 3.05) is 26.7 Å². The zero-order chi connectivity index (χ0) is 20.3. The first-order chi connectivity index (χ1) is 14.3. The Morgan fingerprint density at radius 1 is 1.03 bits per heavy atom. The molecule has 0 spiro atoms. The third-order valence-electron chi connectivity index (χ3n) is 4.32. The van der Waals surface area contributed by atoms with Crippen LogP contribution in [0.3, 0.4) is 0 Å². The number of hydrogen-bond donors (Lipinski definition) is 2. The lowest BCUT2D eigenvalue weighted by molar-refractivity contribution is 0.322. The first-order valence-electron chi connectivity index (χ1n) is 9.82. The van der Waals surface area contributed by atoms with E-state index >= 15 is 0 Å². The number of rotatable bonds is 9. The maximum atomic E-state index is 5.67. The first kappa shape index (κ1) is 20.4. The van der Waals surface area contributed by atoms with Gasteiger partial charge in [0.05, 0.1) is 6.54 Å². The van der Waals surface area contributed by atoms with Gasteiger partial charge in [-0.25, -0.2) is 0 Å². The molecule has 0 aliphatic heterocycles. The van der Waals surface area contributed by atoms with E-state index in [2.05, 4.69) is 37.9 Å². The average molecular weight is 393 g/mol. The smallest absolute Gasteiger partial charge is 0.257 e. The second-order valence-electron chi connectivity index (χ2n) is 6.40. The van der Waals surface area contributed by atoms with Crippen LogP contribution in [0.4, 0.5) is 0 Å². The maximum Gasteiger partial charge on any atom is 0.257 e. The average Bonchev–Trinajstić information content (AvgIpc) is 3.26. The Bertz CT molecular complexity index is 891. The van der Waals surface area contributed by atoms with E-state index in [1.807, 2.05) is 49.4 Å². The Balaban J connectivity index is 1.37. The minimum atomic E-state index is 0.564. The first-order valence-corrected chi connectivity index (χ1v) is 9.82. The normalized spacial score (nSPS) is 11.3. The molecule has 7 nitrogen and oxygen atoms in total. The van der Waals surface area contributed by atoms with Gasteiger partial charge in [-0.1, -0.05) is 42.4 Å². The fourth-order valence-electron chi connectivity index (χ4n) is 2.73. The standard InChI is InChI=1S/C22H27N5O2/c1-3-20-26-21(29-27-20)18-11-9-17(10-12-18)13-14-24-22(23-2)25-15-16-28-19-7-5-4-6-8-19/h4-12H,3,13-16H2,1-2H3,(H2,23,24,25). The van der Waals surface area contributed by atoms with Crippen LogP contribution in [0.1, 0.15) is 18.3 Å². The van der Waals surface area contributed by atoms with Crippen molar-refractivity contribution in [3.63, 3.8) is 0 Å². The highest BCUT2D eigenvalue weighted by molar-refractivity contribution is 5.79. The summed E-state index contributed by atoms with van der Waals surface area (Å²) in [5.74, 6) is 2.92. The molecule has 0 saturated carbocycles. The van der Waals surface area contributed by atoms with Crippen LogP contribution >= 0.6 is 0 Å². The molecule has 0 atom stereocenters. The molecule has 0 aliphatic rings. The molecule has 0 amide bonds. The topological polar surface area (TPSA) is 84.6 Å². The molecule has 1 aromatic heterocycles. The van der Waals surface area contributed by atoms with Crippen LogP contribution < -0.4 is 15.4 Å². The van der Waals surface area contributed by atoms with Gasteiger partial charge < -0.3 is 19.9 Å². The molecule has 2 N–H and O–H groups in total. The van der Waals surface area contributed by atoms with Gasteiger partial charge in [0.2, 0.25) is 0 Å². The van der Waals surface area contributed by atoms with Gasteiger partial charge in [0.15, 0.2) is 11.8 Å². The number of para-hydroxylation sites is 1. The molecular formula is C22H27N5O2. The van der Waals surface area contributed by atoms with Crippen molar-refractivity contribution in [1.29, 1.82) is 0 Å². The lowest BCUT2D eigenvalue weighted by Gasteiger charge is -2.12. The number of aryl methyl sites for hydroxylation is 1. The van der Waals surface area contributed by atoms with Crippen molar-refractivity contribution in [3.8, 4) is 17.2 Å². The second-order valence-corrected chi connectivity index (χ2v) is 6.40. The number of hydrogen-bond acceptors (Lipinski definition) is 5. The Morgan fingerprint density at radius 3 is 2.48 bits per heavy atom. The SMILES string of the molecule is CCc1noc(-c2ccc(CCNC(=NC)NCCOc3ccccc3)cc2)n1. The molecule has 152 valence electrons.